The van der Waals surface area contributed by atoms with Crippen LogP contribution >= 0.6 is 0 Å². The van der Waals surface area contributed by atoms with E-state index in [0.29, 0.717) is 5.69 Å². The molecule has 0 bridgehead atoms. The molecule has 19 heavy (non-hydrogen) atoms. The Labute approximate surface area is 107 Å². The number of hydrogen-bond donors (Lipinski definition) is 2. The average Bonchev–Trinajstić information content (AvgIpc) is 2.34. The number of rotatable bonds is 4. The molecule has 0 aliphatic rings. The topological polar surface area (TPSA) is 61.8 Å². The van der Waals surface area contributed by atoms with Crippen LogP contribution in [-0.4, -0.2) is 30.8 Å². The molecule has 1 atom stereocenters. The summed E-state index contributed by atoms with van der Waals surface area (Å²) in [5.74, 6) is -3.50. The van der Waals surface area contributed by atoms with Crippen LogP contribution in [0.5, 0.6) is 0 Å². The number of amidine groups is 1. The Bertz CT molecular complexity index is 444. The summed E-state index contributed by atoms with van der Waals surface area (Å²) in [6.07, 6.45) is -4.63. The van der Waals surface area contributed by atoms with Crippen molar-refractivity contribution in [2.75, 3.05) is 18.5 Å². The number of nitrogens with zero attached hydrogens (tertiary/aromatic N) is 2. The highest BCUT2D eigenvalue weighted by Gasteiger charge is 2.43. The number of anilines is 1. The first kappa shape index (κ1) is 15.1. The van der Waals surface area contributed by atoms with E-state index in [-0.39, 0.29) is 0 Å². The van der Waals surface area contributed by atoms with Crippen LogP contribution in [0.25, 0.3) is 0 Å². The normalized spacial score (nSPS) is 14.3. The van der Waals surface area contributed by atoms with Crippen molar-refractivity contribution in [2.45, 2.75) is 6.18 Å². The molecule has 0 amide bonds. The molecule has 106 valence electrons. The van der Waals surface area contributed by atoms with E-state index in [9.17, 15) is 17.6 Å². The van der Waals surface area contributed by atoms with Gasteiger partial charge < -0.3 is 15.8 Å². The van der Waals surface area contributed by atoms with Gasteiger partial charge in [-0.2, -0.15) is 13.2 Å². The number of halogens is 4. The van der Waals surface area contributed by atoms with E-state index in [1.54, 1.807) is 0 Å². The van der Waals surface area contributed by atoms with Crippen molar-refractivity contribution in [1.82, 2.24) is 0 Å². The van der Waals surface area contributed by atoms with Crippen LogP contribution in [0.4, 0.5) is 23.2 Å². The maximum absolute atomic E-state index is 12.7. The zero-order valence-electron chi connectivity index (χ0n) is 10.0. The van der Waals surface area contributed by atoms with Gasteiger partial charge in [-0.05, 0) is 24.3 Å². The van der Waals surface area contributed by atoms with Crippen LogP contribution in [0.3, 0.4) is 0 Å². The minimum absolute atomic E-state index is 0.390. The van der Waals surface area contributed by atoms with E-state index in [1.807, 2.05) is 0 Å². The van der Waals surface area contributed by atoms with Gasteiger partial charge in [-0.3, -0.25) is 0 Å². The zero-order valence-corrected chi connectivity index (χ0v) is 10.0. The van der Waals surface area contributed by atoms with E-state index >= 15 is 0 Å². The summed E-state index contributed by atoms with van der Waals surface area (Å²) in [5, 5.41) is 10.8. The van der Waals surface area contributed by atoms with Crippen LogP contribution in [0.1, 0.15) is 0 Å². The van der Waals surface area contributed by atoms with Gasteiger partial charge in [0.2, 0.25) is 0 Å². The Morgan fingerprint density at radius 3 is 2.32 bits per heavy atom. The molecule has 3 N–H and O–H groups in total. The second-order valence-corrected chi connectivity index (χ2v) is 3.98. The van der Waals surface area contributed by atoms with Crippen molar-refractivity contribution in [3.8, 4) is 0 Å². The largest absolute Gasteiger partial charge is 0.409 e. The van der Waals surface area contributed by atoms with Gasteiger partial charge in [0.25, 0.3) is 0 Å². The smallest absolute Gasteiger partial charge is 0.400 e. The zero-order chi connectivity index (χ0) is 14.6. The van der Waals surface area contributed by atoms with Crippen molar-refractivity contribution in [1.29, 1.82) is 0 Å². The number of oxime groups is 1. The predicted octanol–water partition coefficient (Wildman–Crippen LogP) is 2.19. The first-order valence-corrected chi connectivity index (χ1v) is 5.26. The van der Waals surface area contributed by atoms with Gasteiger partial charge in [0.05, 0.1) is 0 Å². The molecule has 0 aromatic heterocycles. The number of benzene rings is 1. The van der Waals surface area contributed by atoms with Crippen molar-refractivity contribution in [3.05, 3.63) is 30.1 Å². The van der Waals surface area contributed by atoms with Crippen molar-refractivity contribution >= 4 is 11.5 Å². The molecule has 0 heterocycles. The van der Waals surface area contributed by atoms with Gasteiger partial charge in [-0.15, -0.1) is 0 Å². The van der Waals surface area contributed by atoms with Crippen molar-refractivity contribution < 1.29 is 22.8 Å². The van der Waals surface area contributed by atoms with E-state index in [4.69, 9.17) is 10.9 Å². The molecular formula is C11H13F4N3O. The summed E-state index contributed by atoms with van der Waals surface area (Å²) in [5.41, 5.74) is 5.44. The van der Waals surface area contributed by atoms with E-state index in [2.05, 4.69) is 5.16 Å². The first-order valence-electron chi connectivity index (χ1n) is 5.26. The minimum atomic E-state index is -4.63. The summed E-state index contributed by atoms with van der Waals surface area (Å²) in [7, 11) is 1.40. The lowest BCUT2D eigenvalue weighted by Gasteiger charge is -2.26. The molecule has 1 rings (SSSR count). The third kappa shape index (κ3) is 4.01. The second-order valence-electron chi connectivity index (χ2n) is 3.98. The fraction of sp³-hybridized carbons (Fsp3) is 0.364. The van der Waals surface area contributed by atoms with Gasteiger partial charge in [-0.25, -0.2) is 4.39 Å². The fourth-order valence-electron chi connectivity index (χ4n) is 1.51. The van der Waals surface area contributed by atoms with Gasteiger partial charge in [-0.1, -0.05) is 5.16 Å². The summed E-state index contributed by atoms with van der Waals surface area (Å²) >= 11 is 0. The van der Waals surface area contributed by atoms with E-state index in [1.165, 1.54) is 24.1 Å². The Balaban J connectivity index is 2.88. The Morgan fingerprint density at radius 2 is 1.89 bits per heavy atom. The van der Waals surface area contributed by atoms with Crippen LogP contribution in [0.15, 0.2) is 29.4 Å². The highest BCUT2D eigenvalue weighted by molar-refractivity contribution is 5.83. The first-order chi connectivity index (χ1) is 8.75. The molecule has 1 aromatic rings. The molecule has 0 spiro atoms. The Kier molecular flexibility index (Phi) is 4.57. The van der Waals surface area contributed by atoms with Crippen LogP contribution in [-0.2, 0) is 0 Å². The van der Waals surface area contributed by atoms with Crippen LogP contribution < -0.4 is 10.6 Å². The molecule has 0 saturated heterocycles. The van der Waals surface area contributed by atoms with E-state index in [0.717, 1.165) is 12.1 Å². The molecule has 1 aromatic carbocycles. The molecule has 0 saturated carbocycles. The maximum atomic E-state index is 12.7. The van der Waals surface area contributed by atoms with Gasteiger partial charge in [0, 0.05) is 19.3 Å². The second kappa shape index (κ2) is 5.77. The lowest BCUT2D eigenvalue weighted by molar-refractivity contribution is -0.153. The fourth-order valence-corrected chi connectivity index (χ4v) is 1.51. The molecule has 0 aliphatic carbocycles. The lowest BCUT2D eigenvalue weighted by Crippen LogP contribution is -2.43. The van der Waals surface area contributed by atoms with Crippen LogP contribution in [0.2, 0.25) is 0 Å². The molecular weight excluding hydrogens is 266 g/mol. The predicted molar refractivity (Wildman–Crippen MR) is 62.6 cm³/mol. The summed E-state index contributed by atoms with van der Waals surface area (Å²) in [6.45, 7) is -0.537. The Morgan fingerprint density at radius 1 is 1.37 bits per heavy atom. The van der Waals surface area contributed by atoms with Crippen molar-refractivity contribution in [2.24, 2.45) is 16.8 Å². The molecule has 4 nitrogen and oxygen atoms in total. The standard InChI is InChI=1S/C11H13F4N3O/c1-18(8-4-2-7(12)3-5-8)6-9(10(16)17-19)11(13,14)15/h2-5,9,19H,6H2,1H3,(H2,16,17). The monoisotopic (exact) mass is 279 g/mol. The molecule has 8 heteroatoms. The molecule has 1 unspecified atom stereocenters. The highest BCUT2D eigenvalue weighted by Crippen LogP contribution is 2.28. The SMILES string of the molecule is CN(CC(/C(N)=N/O)C(F)(F)F)c1ccc(F)cc1. The molecule has 0 radical (unpaired) electrons. The van der Waals surface area contributed by atoms with Gasteiger partial charge in [0.15, 0.2) is 5.84 Å². The minimum Gasteiger partial charge on any atom is -0.409 e. The third-order valence-electron chi connectivity index (χ3n) is 2.59. The lowest BCUT2D eigenvalue weighted by atomic mass is 10.1. The Hall–Kier alpha value is -1.99. The molecule has 0 fully saturated rings. The van der Waals surface area contributed by atoms with E-state index < -0.39 is 30.3 Å². The number of nitrogens with two attached hydrogens (primary N) is 1. The maximum Gasteiger partial charge on any atom is 0.400 e. The quantitative estimate of drug-likeness (QED) is 0.292. The number of alkyl halides is 3. The summed E-state index contributed by atoms with van der Waals surface area (Å²) < 4.78 is 50.9. The number of hydrogen-bond acceptors (Lipinski definition) is 3. The summed E-state index contributed by atoms with van der Waals surface area (Å²) in [4.78, 5) is 1.25. The highest BCUT2D eigenvalue weighted by atomic mass is 19.4. The van der Waals surface area contributed by atoms with Crippen molar-refractivity contribution in [3.63, 3.8) is 0 Å². The average molecular weight is 279 g/mol. The summed E-state index contributed by atoms with van der Waals surface area (Å²) in [6, 6.07) is 4.96. The molecule has 0 aliphatic heterocycles. The third-order valence-corrected chi connectivity index (χ3v) is 2.59. The van der Waals surface area contributed by atoms with Gasteiger partial charge in [0.1, 0.15) is 11.7 Å². The van der Waals surface area contributed by atoms with Crippen LogP contribution in [0, 0.1) is 11.7 Å². The van der Waals surface area contributed by atoms with Gasteiger partial charge >= 0.3 is 6.18 Å².